The summed E-state index contributed by atoms with van der Waals surface area (Å²) < 4.78 is 0. The first-order valence-electron chi connectivity index (χ1n) is 8.15. The second-order valence-corrected chi connectivity index (χ2v) is 8.84. The number of carbonyl (C=O) groups is 2. The molecule has 4 aromatic rings. The summed E-state index contributed by atoms with van der Waals surface area (Å²) in [5.41, 5.74) is 1.37. The molecular formula is C20H8Cl2N2O2S2. The summed E-state index contributed by atoms with van der Waals surface area (Å²) >= 11 is 15.0. The van der Waals surface area contributed by atoms with E-state index < -0.39 is 11.6 Å². The summed E-state index contributed by atoms with van der Waals surface area (Å²) in [6, 6.07) is 12.9. The lowest BCUT2D eigenvalue weighted by Crippen LogP contribution is -2.00. The third-order valence-electron chi connectivity index (χ3n) is 4.33. The van der Waals surface area contributed by atoms with Crippen LogP contribution in [-0.2, 0) is 0 Å². The lowest BCUT2D eigenvalue weighted by Gasteiger charge is -2.00. The number of Topliss-reactive ketones (excluding diaryl/α,β-unsaturated/α-hetero) is 2. The van der Waals surface area contributed by atoms with Crippen molar-refractivity contribution >= 4 is 73.2 Å². The van der Waals surface area contributed by atoms with Crippen LogP contribution in [0.5, 0.6) is 0 Å². The van der Waals surface area contributed by atoms with Crippen LogP contribution in [0.3, 0.4) is 0 Å². The number of hydrogen-bond donors (Lipinski definition) is 0. The average Bonchev–Trinajstić information content (AvgIpc) is 3.32. The van der Waals surface area contributed by atoms with Gasteiger partial charge in [0.2, 0.25) is 0 Å². The molecule has 0 saturated carbocycles. The monoisotopic (exact) mass is 442 g/mol. The molecule has 136 valence electrons. The van der Waals surface area contributed by atoms with Gasteiger partial charge in [-0.3, -0.25) is 9.59 Å². The Kier molecular flexibility index (Phi) is 4.17. The number of halogens is 2. The number of rotatable bonds is 2. The molecule has 28 heavy (non-hydrogen) atoms. The van der Waals surface area contributed by atoms with Crippen molar-refractivity contribution in [3.05, 3.63) is 74.2 Å². The van der Waals surface area contributed by atoms with Crippen molar-refractivity contribution in [1.82, 2.24) is 9.97 Å². The fraction of sp³-hybridized carbons (Fsp3) is 0. The van der Waals surface area contributed by atoms with Crippen molar-refractivity contribution in [1.29, 1.82) is 0 Å². The molecule has 4 nitrogen and oxygen atoms in total. The molecule has 0 saturated heterocycles. The van der Waals surface area contributed by atoms with E-state index in [2.05, 4.69) is 9.97 Å². The van der Waals surface area contributed by atoms with Crippen LogP contribution in [0.25, 0.3) is 26.3 Å². The highest BCUT2D eigenvalue weighted by Gasteiger charge is 2.37. The lowest BCUT2D eigenvalue weighted by molar-refractivity contribution is 0.0990. The highest BCUT2D eigenvalue weighted by atomic mass is 35.5. The molecule has 2 aromatic heterocycles. The Balaban J connectivity index is 1.55. The minimum Gasteiger partial charge on any atom is -0.288 e. The molecule has 0 unspecified atom stereocenters. The Morgan fingerprint density at radius 1 is 0.786 bits per heavy atom. The first-order valence-corrected chi connectivity index (χ1v) is 10.5. The zero-order valence-corrected chi connectivity index (χ0v) is 17.0. The number of hydrogen-bond acceptors (Lipinski definition) is 6. The van der Waals surface area contributed by atoms with E-state index in [-0.39, 0.29) is 26.7 Å². The normalized spacial score (nSPS) is 13.4. The van der Waals surface area contributed by atoms with E-state index in [1.54, 1.807) is 0 Å². The summed E-state index contributed by atoms with van der Waals surface area (Å²) in [4.78, 5) is 36.1. The number of nitrogens with zero attached hydrogens (tertiary/aromatic N) is 2. The molecule has 8 heteroatoms. The number of allylic oxidation sites excluding steroid dienone is 1. The van der Waals surface area contributed by atoms with Gasteiger partial charge in [0.15, 0.2) is 21.2 Å². The first kappa shape index (κ1) is 17.7. The molecule has 0 atom stereocenters. The summed E-state index contributed by atoms with van der Waals surface area (Å²) in [6.45, 7) is 0. The number of aromatic nitrogens is 2. The molecule has 1 aliphatic carbocycles. The van der Waals surface area contributed by atoms with Crippen LogP contribution >= 0.6 is 45.9 Å². The Morgan fingerprint density at radius 3 is 2.00 bits per heavy atom. The highest BCUT2D eigenvalue weighted by molar-refractivity contribution is 7.28. The highest BCUT2D eigenvalue weighted by Crippen LogP contribution is 2.38. The SMILES string of the molecule is O=C1C(=Cc2nc3sc(-c4ccccc4)nc3s2)C(=O)c2c(Cl)ccc(Cl)c21. The van der Waals surface area contributed by atoms with E-state index >= 15 is 0 Å². The van der Waals surface area contributed by atoms with Crippen LogP contribution in [0.4, 0.5) is 0 Å². The molecule has 0 amide bonds. The maximum atomic E-state index is 12.7. The summed E-state index contributed by atoms with van der Waals surface area (Å²) in [5, 5.41) is 1.86. The molecule has 1 aliphatic rings. The van der Waals surface area contributed by atoms with E-state index in [9.17, 15) is 9.59 Å². The molecule has 0 fully saturated rings. The minimum atomic E-state index is -0.427. The van der Waals surface area contributed by atoms with Crippen LogP contribution in [0.2, 0.25) is 10.0 Å². The van der Waals surface area contributed by atoms with Crippen molar-refractivity contribution in [2.45, 2.75) is 0 Å². The van der Waals surface area contributed by atoms with Gasteiger partial charge in [0.25, 0.3) is 0 Å². The van der Waals surface area contributed by atoms with Crippen LogP contribution in [0.1, 0.15) is 25.7 Å². The van der Waals surface area contributed by atoms with Gasteiger partial charge in [0.05, 0.1) is 26.7 Å². The zero-order valence-electron chi connectivity index (χ0n) is 13.9. The van der Waals surface area contributed by atoms with Crippen LogP contribution in [0.15, 0.2) is 48.0 Å². The number of ketones is 2. The largest absolute Gasteiger partial charge is 0.288 e. The predicted octanol–water partition coefficient (Wildman–Crippen LogP) is 6.19. The van der Waals surface area contributed by atoms with E-state index in [1.807, 2.05) is 30.3 Å². The third kappa shape index (κ3) is 2.72. The topological polar surface area (TPSA) is 59.9 Å². The molecule has 0 bridgehead atoms. The van der Waals surface area contributed by atoms with Crippen LogP contribution in [-0.4, -0.2) is 21.5 Å². The van der Waals surface area contributed by atoms with Gasteiger partial charge in [0, 0.05) is 5.56 Å². The van der Waals surface area contributed by atoms with Gasteiger partial charge in [-0.25, -0.2) is 9.97 Å². The number of thiazole rings is 2. The molecule has 2 aromatic carbocycles. The van der Waals surface area contributed by atoms with Gasteiger partial charge in [-0.2, -0.15) is 0 Å². The Labute approximate surface area is 177 Å². The van der Waals surface area contributed by atoms with Crippen molar-refractivity contribution in [2.24, 2.45) is 0 Å². The summed E-state index contributed by atoms with van der Waals surface area (Å²) in [7, 11) is 0. The summed E-state index contributed by atoms with van der Waals surface area (Å²) in [5.74, 6) is -0.854. The van der Waals surface area contributed by atoms with Crippen molar-refractivity contribution < 1.29 is 9.59 Å². The van der Waals surface area contributed by atoms with Crippen molar-refractivity contribution in [3.8, 4) is 10.6 Å². The smallest absolute Gasteiger partial charge is 0.199 e. The molecule has 0 spiro atoms. The van der Waals surface area contributed by atoms with Gasteiger partial charge in [-0.1, -0.05) is 76.2 Å². The first-order chi connectivity index (χ1) is 13.5. The van der Waals surface area contributed by atoms with Crippen LogP contribution < -0.4 is 0 Å². The number of benzene rings is 2. The van der Waals surface area contributed by atoms with E-state index in [0.717, 1.165) is 20.2 Å². The van der Waals surface area contributed by atoms with Gasteiger partial charge in [-0.15, -0.1) is 0 Å². The molecule has 2 heterocycles. The quantitative estimate of drug-likeness (QED) is 0.274. The van der Waals surface area contributed by atoms with Gasteiger partial charge in [0.1, 0.15) is 10.0 Å². The standard InChI is InChI=1S/C20H8Cl2N2O2S2/c21-11-6-7-12(22)15-14(11)16(25)10(17(15)26)8-13-23-19-20(27-13)24-18(28-19)9-4-2-1-3-5-9/h1-8H. The Hall–Kier alpha value is -2.38. The third-order valence-corrected chi connectivity index (χ3v) is 6.98. The number of carbonyl (C=O) groups excluding carboxylic acids is 2. The van der Waals surface area contributed by atoms with Gasteiger partial charge < -0.3 is 0 Å². The minimum absolute atomic E-state index is 0.0229. The van der Waals surface area contributed by atoms with E-state index in [1.165, 1.54) is 40.9 Å². The average molecular weight is 443 g/mol. The summed E-state index contributed by atoms with van der Waals surface area (Å²) in [6.07, 6.45) is 1.50. The van der Waals surface area contributed by atoms with Crippen molar-refractivity contribution in [2.75, 3.05) is 0 Å². The number of fused-ring (bicyclic) bond motifs is 2. The second kappa shape index (κ2) is 6.60. The molecule has 0 N–H and O–H groups in total. The molecular weight excluding hydrogens is 435 g/mol. The van der Waals surface area contributed by atoms with Crippen molar-refractivity contribution in [3.63, 3.8) is 0 Å². The lowest BCUT2D eigenvalue weighted by atomic mass is 10.1. The van der Waals surface area contributed by atoms with Crippen LogP contribution in [0, 0.1) is 0 Å². The second-order valence-electron chi connectivity index (χ2n) is 6.04. The fourth-order valence-electron chi connectivity index (χ4n) is 3.05. The molecule has 0 aliphatic heterocycles. The van der Waals surface area contributed by atoms with E-state index in [4.69, 9.17) is 23.2 Å². The zero-order chi connectivity index (χ0) is 19.4. The van der Waals surface area contributed by atoms with Gasteiger partial charge in [-0.05, 0) is 18.2 Å². The molecule has 5 rings (SSSR count). The molecule has 0 radical (unpaired) electrons. The predicted molar refractivity (Wildman–Crippen MR) is 114 cm³/mol. The van der Waals surface area contributed by atoms with E-state index in [0.29, 0.717) is 5.01 Å². The maximum absolute atomic E-state index is 12.7. The Bertz CT molecular complexity index is 1250. The van der Waals surface area contributed by atoms with Gasteiger partial charge >= 0.3 is 0 Å². The maximum Gasteiger partial charge on any atom is 0.199 e. The Morgan fingerprint density at radius 2 is 1.39 bits per heavy atom. The fourth-order valence-corrected chi connectivity index (χ4v) is 5.53.